The largest absolute Gasteiger partial charge is 0.398 e. The first-order valence-corrected chi connectivity index (χ1v) is 8.29. The van der Waals surface area contributed by atoms with E-state index in [0.717, 1.165) is 22.6 Å². The number of nitrogens with zero attached hydrogens (tertiary/aromatic N) is 5. The molecule has 0 saturated carbocycles. The fraction of sp³-hybridized carbons (Fsp3) is 0.111. The third kappa shape index (κ3) is 4.18. The zero-order chi connectivity index (χ0) is 20.1. The minimum absolute atomic E-state index is 0.0869. The molecule has 4 N–H and O–H groups in total. The molecule has 4 rings (SSSR count). The highest BCUT2D eigenvalue weighted by Gasteiger charge is 2.12. The lowest BCUT2D eigenvalue weighted by Crippen LogP contribution is -1.92. The van der Waals surface area contributed by atoms with Crippen LogP contribution in [0.3, 0.4) is 0 Å². The first-order chi connectivity index (χ1) is 13.5. The summed E-state index contributed by atoms with van der Waals surface area (Å²) < 4.78 is 0. The smallest absolute Gasteiger partial charge is 0.273 e. The van der Waals surface area contributed by atoms with Crippen molar-refractivity contribution in [1.82, 2.24) is 30.4 Å². The summed E-state index contributed by atoms with van der Waals surface area (Å²) in [4.78, 5) is 16.0. The van der Waals surface area contributed by atoms with Gasteiger partial charge in [-0.1, -0.05) is 24.3 Å². The third-order valence-corrected chi connectivity index (χ3v) is 4.07. The molecule has 142 valence electrons. The Morgan fingerprint density at radius 1 is 0.893 bits per heavy atom. The second-order valence-electron chi connectivity index (χ2n) is 6.00. The number of aromatic amines is 2. The van der Waals surface area contributed by atoms with E-state index in [-0.39, 0.29) is 5.69 Å². The molecule has 0 radical (unpaired) electrons. The summed E-state index contributed by atoms with van der Waals surface area (Å²) in [5.41, 5.74) is 9.94. The highest BCUT2D eigenvalue weighted by Crippen LogP contribution is 2.24. The minimum Gasteiger partial charge on any atom is -0.398 e. The van der Waals surface area contributed by atoms with Crippen molar-refractivity contribution in [3.05, 3.63) is 70.3 Å². The van der Waals surface area contributed by atoms with Gasteiger partial charge in [-0.05, 0) is 25.5 Å². The first-order valence-electron chi connectivity index (χ1n) is 8.29. The van der Waals surface area contributed by atoms with Crippen LogP contribution >= 0.6 is 0 Å². The van der Waals surface area contributed by atoms with Crippen molar-refractivity contribution in [2.24, 2.45) is 0 Å². The highest BCUT2D eigenvalue weighted by molar-refractivity contribution is 5.63. The Labute approximate surface area is 160 Å². The van der Waals surface area contributed by atoms with Crippen molar-refractivity contribution >= 4 is 11.4 Å². The quantitative estimate of drug-likeness (QED) is 0.281. The Hall–Kier alpha value is -4.08. The predicted molar refractivity (Wildman–Crippen MR) is 104 cm³/mol. The van der Waals surface area contributed by atoms with Gasteiger partial charge in [0.05, 0.1) is 4.92 Å². The third-order valence-electron chi connectivity index (χ3n) is 4.07. The zero-order valence-corrected chi connectivity index (χ0v) is 15.2. The summed E-state index contributed by atoms with van der Waals surface area (Å²) in [6.07, 6.45) is 2.98. The van der Waals surface area contributed by atoms with Crippen LogP contribution < -0.4 is 5.73 Å². The van der Waals surface area contributed by atoms with Crippen LogP contribution in [0.2, 0.25) is 0 Å². The van der Waals surface area contributed by atoms with Gasteiger partial charge in [0.2, 0.25) is 0 Å². The SMILES string of the molecule is Cc1ccc(-c2nnc[nH]2)cc1N.Cc1ccc(-c2nnc[nH]2)cc1[N+](=O)[O-]. The molecular formula is C18H18N8O2. The van der Waals surface area contributed by atoms with E-state index in [2.05, 4.69) is 30.4 Å². The Kier molecular flexibility index (Phi) is 5.40. The molecule has 4 aromatic rings. The first kappa shape index (κ1) is 18.7. The monoisotopic (exact) mass is 378 g/mol. The van der Waals surface area contributed by atoms with Gasteiger partial charge < -0.3 is 15.7 Å². The van der Waals surface area contributed by atoms with Crippen LogP contribution in [0, 0.1) is 24.0 Å². The van der Waals surface area contributed by atoms with E-state index in [1.54, 1.807) is 25.4 Å². The molecule has 10 heteroatoms. The van der Waals surface area contributed by atoms with Crippen LogP contribution in [-0.2, 0) is 0 Å². The molecule has 0 bridgehead atoms. The molecule has 0 aliphatic heterocycles. The summed E-state index contributed by atoms with van der Waals surface area (Å²) >= 11 is 0. The number of benzene rings is 2. The Balaban J connectivity index is 0.000000162. The van der Waals surface area contributed by atoms with Crippen molar-refractivity contribution < 1.29 is 4.92 Å². The van der Waals surface area contributed by atoms with Crippen molar-refractivity contribution in [3.8, 4) is 22.8 Å². The molecule has 0 aliphatic carbocycles. The number of hydrogen-bond acceptors (Lipinski definition) is 7. The number of nitrogens with one attached hydrogen (secondary N) is 2. The topological polar surface area (TPSA) is 152 Å². The summed E-state index contributed by atoms with van der Waals surface area (Å²) in [6, 6.07) is 10.8. The molecule has 0 aliphatic rings. The van der Waals surface area contributed by atoms with Crippen LogP contribution in [0.15, 0.2) is 49.1 Å². The lowest BCUT2D eigenvalue weighted by atomic mass is 10.1. The van der Waals surface area contributed by atoms with Gasteiger partial charge in [-0.3, -0.25) is 10.1 Å². The van der Waals surface area contributed by atoms with Crippen molar-refractivity contribution in [2.75, 3.05) is 5.73 Å². The van der Waals surface area contributed by atoms with E-state index in [1.165, 1.54) is 12.4 Å². The standard InChI is InChI=1S/C9H8N4O2.C9H10N4/c1-6-2-3-7(4-8(6)13(14)15)9-10-5-11-12-9;1-6-2-3-7(4-8(6)10)9-11-5-12-13-9/h2-5H,1H3,(H,10,11,12);2-5H,10H2,1H3,(H,11,12,13). The number of rotatable bonds is 3. The summed E-state index contributed by atoms with van der Waals surface area (Å²) in [6.45, 7) is 3.67. The molecule has 0 fully saturated rings. The lowest BCUT2D eigenvalue weighted by molar-refractivity contribution is -0.385. The zero-order valence-electron chi connectivity index (χ0n) is 15.2. The molecule has 0 saturated heterocycles. The van der Waals surface area contributed by atoms with Crippen molar-refractivity contribution in [2.45, 2.75) is 13.8 Å². The molecule has 0 atom stereocenters. The highest BCUT2D eigenvalue weighted by atomic mass is 16.6. The Morgan fingerprint density at radius 3 is 1.89 bits per heavy atom. The fourth-order valence-corrected chi connectivity index (χ4v) is 2.43. The molecule has 2 aromatic carbocycles. The normalized spacial score (nSPS) is 10.2. The van der Waals surface area contributed by atoms with E-state index >= 15 is 0 Å². The van der Waals surface area contributed by atoms with Gasteiger partial charge in [0.1, 0.15) is 12.7 Å². The molecule has 2 aromatic heterocycles. The number of anilines is 1. The maximum absolute atomic E-state index is 10.7. The van der Waals surface area contributed by atoms with E-state index in [9.17, 15) is 10.1 Å². The Morgan fingerprint density at radius 2 is 1.43 bits per heavy atom. The lowest BCUT2D eigenvalue weighted by Gasteiger charge is -2.01. The summed E-state index contributed by atoms with van der Waals surface area (Å²) in [5.74, 6) is 1.27. The molecule has 28 heavy (non-hydrogen) atoms. The average molecular weight is 378 g/mol. The maximum Gasteiger partial charge on any atom is 0.273 e. The average Bonchev–Trinajstić information content (AvgIpc) is 3.38. The Bertz CT molecular complexity index is 1080. The van der Waals surface area contributed by atoms with Crippen LogP contribution in [0.5, 0.6) is 0 Å². The molecule has 10 nitrogen and oxygen atoms in total. The summed E-state index contributed by atoms with van der Waals surface area (Å²) in [5, 5.41) is 25.7. The van der Waals surface area contributed by atoms with Gasteiger partial charge in [0.15, 0.2) is 11.6 Å². The second-order valence-corrected chi connectivity index (χ2v) is 6.00. The van der Waals surface area contributed by atoms with Crippen LogP contribution in [0.25, 0.3) is 22.8 Å². The number of nitro groups is 1. The predicted octanol–water partition coefficient (Wildman–Crippen LogP) is 3.05. The molecule has 0 spiro atoms. The molecule has 2 heterocycles. The molecule has 0 amide bonds. The number of nitrogen functional groups attached to an aromatic ring is 1. The number of aryl methyl sites for hydroxylation is 2. The minimum atomic E-state index is -0.408. The van der Waals surface area contributed by atoms with E-state index in [1.807, 2.05) is 25.1 Å². The van der Waals surface area contributed by atoms with Crippen molar-refractivity contribution in [3.63, 3.8) is 0 Å². The maximum atomic E-state index is 10.7. The van der Waals surface area contributed by atoms with Gasteiger partial charge in [-0.2, -0.15) is 0 Å². The molecule has 0 unspecified atom stereocenters. The molecular weight excluding hydrogens is 360 g/mol. The number of aromatic nitrogens is 6. The summed E-state index contributed by atoms with van der Waals surface area (Å²) in [7, 11) is 0. The van der Waals surface area contributed by atoms with Gasteiger partial charge in [0.25, 0.3) is 5.69 Å². The van der Waals surface area contributed by atoms with Crippen molar-refractivity contribution in [1.29, 1.82) is 0 Å². The fourth-order valence-electron chi connectivity index (χ4n) is 2.43. The van der Waals surface area contributed by atoms with Gasteiger partial charge in [-0.15, -0.1) is 20.4 Å². The van der Waals surface area contributed by atoms with E-state index in [0.29, 0.717) is 17.0 Å². The second kappa shape index (κ2) is 8.08. The van der Waals surface area contributed by atoms with E-state index < -0.39 is 4.92 Å². The van der Waals surface area contributed by atoms with Gasteiger partial charge >= 0.3 is 0 Å². The van der Waals surface area contributed by atoms with Crippen LogP contribution in [-0.4, -0.2) is 35.3 Å². The van der Waals surface area contributed by atoms with Gasteiger partial charge in [0, 0.05) is 28.4 Å². The van der Waals surface area contributed by atoms with E-state index in [4.69, 9.17) is 5.73 Å². The van der Waals surface area contributed by atoms with Crippen LogP contribution in [0.1, 0.15) is 11.1 Å². The number of nitrogens with two attached hydrogens (primary N) is 1. The van der Waals surface area contributed by atoms with Gasteiger partial charge in [-0.25, -0.2) is 0 Å². The number of H-pyrrole nitrogens is 2. The number of hydrogen-bond donors (Lipinski definition) is 3. The van der Waals surface area contributed by atoms with Crippen LogP contribution in [0.4, 0.5) is 11.4 Å². The number of nitro benzene ring substituents is 1.